The van der Waals surface area contributed by atoms with Gasteiger partial charge in [-0.2, -0.15) is 0 Å². The number of aryl methyl sites for hydroxylation is 1. The van der Waals surface area contributed by atoms with Crippen LogP contribution in [0.5, 0.6) is 0 Å². The normalized spacial score (nSPS) is 9.70. The first-order valence-corrected chi connectivity index (χ1v) is 3.26. The Hall–Kier alpha value is -1.12. The van der Waals surface area contributed by atoms with E-state index in [9.17, 15) is 4.79 Å². The molecule has 3 heteroatoms. The average Bonchev–Trinajstić information content (AvgIpc) is 2.37. The molecule has 0 aliphatic carbocycles. The van der Waals surface area contributed by atoms with Crippen LogP contribution in [0.4, 0.5) is 0 Å². The second kappa shape index (κ2) is 3.15. The largest absolute Gasteiger partial charge is 0.448 e. The molecule has 3 nitrogen and oxygen atoms in total. The molecule has 1 aromatic rings. The maximum absolute atomic E-state index is 10.1. The zero-order valence-electron chi connectivity index (χ0n) is 5.83. The summed E-state index contributed by atoms with van der Waals surface area (Å²) in [5.41, 5.74) is 0.378. The van der Waals surface area contributed by atoms with Crippen molar-refractivity contribution in [3.05, 3.63) is 17.8 Å². The van der Waals surface area contributed by atoms with Crippen LogP contribution in [-0.2, 0) is 6.42 Å². The van der Waals surface area contributed by atoms with Gasteiger partial charge in [0.05, 0.1) is 0 Å². The Balaban J connectivity index is 2.68. The molecule has 0 aliphatic rings. The Morgan fingerprint density at radius 2 is 2.60 bits per heavy atom. The van der Waals surface area contributed by atoms with Gasteiger partial charge in [-0.1, -0.05) is 6.92 Å². The summed E-state index contributed by atoms with van der Waals surface area (Å²) < 4.78 is 4.95. The zero-order valence-corrected chi connectivity index (χ0v) is 5.83. The van der Waals surface area contributed by atoms with Crippen molar-refractivity contribution in [3.63, 3.8) is 0 Å². The molecule has 0 aliphatic heterocycles. The highest BCUT2D eigenvalue weighted by Crippen LogP contribution is 2.01. The molecule has 0 atom stereocenters. The summed E-state index contributed by atoms with van der Waals surface area (Å²) in [5, 5.41) is 0. The number of hydrogen-bond acceptors (Lipinski definition) is 3. The Bertz CT molecular complexity index is 217. The fourth-order valence-corrected chi connectivity index (χ4v) is 0.708. The first kappa shape index (κ1) is 6.99. The summed E-state index contributed by atoms with van der Waals surface area (Å²) in [6, 6.07) is 0. The van der Waals surface area contributed by atoms with Gasteiger partial charge in [-0.25, -0.2) is 4.98 Å². The summed E-state index contributed by atoms with van der Waals surface area (Å²) in [6.07, 6.45) is 3.84. The quantitative estimate of drug-likeness (QED) is 0.595. The lowest BCUT2D eigenvalue weighted by atomic mass is 10.3. The molecule has 0 amide bonds. The van der Waals surface area contributed by atoms with E-state index >= 15 is 0 Å². The van der Waals surface area contributed by atoms with E-state index in [1.165, 1.54) is 6.26 Å². The van der Waals surface area contributed by atoms with Crippen molar-refractivity contribution in [2.75, 3.05) is 0 Å². The van der Waals surface area contributed by atoms with Crippen molar-refractivity contribution >= 4 is 6.29 Å². The first-order chi connectivity index (χ1) is 4.86. The van der Waals surface area contributed by atoms with Crippen LogP contribution in [0.2, 0.25) is 0 Å². The fraction of sp³-hybridized carbons (Fsp3) is 0.429. The fourth-order valence-electron chi connectivity index (χ4n) is 0.708. The molecular formula is C7H9NO2. The van der Waals surface area contributed by atoms with E-state index in [4.69, 9.17) is 4.42 Å². The van der Waals surface area contributed by atoms with Gasteiger partial charge in [-0.15, -0.1) is 0 Å². The molecule has 0 radical (unpaired) electrons. The van der Waals surface area contributed by atoms with Gasteiger partial charge in [0.1, 0.15) is 12.0 Å². The van der Waals surface area contributed by atoms with Crippen molar-refractivity contribution in [1.29, 1.82) is 0 Å². The minimum Gasteiger partial charge on any atom is -0.448 e. The van der Waals surface area contributed by atoms with Crippen molar-refractivity contribution in [2.24, 2.45) is 0 Å². The molecule has 1 aromatic heterocycles. The Kier molecular flexibility index (Phi) is 2.20. The molecule has 1 rings (SSSR count). The molecule has 10 heavy (non-hydrogen) atoms. The number of hydrogen-bond donors (Lipinski definition) is 0. The lowest BCUT2D eigenvalue weighted by Gasteiger charge is -1.84. The minimum atomic E-state index is 0.378. The molecule has 1 heterocycles. The van der Waals surface area contributed by atoms with Crippen molar-refractivity contribution in [1.82, 2.24) is 4.98 Å². The third-order valence-corrected chi connectivity index (χ3v) is 1.15. The Labute approximate surface area is 59.1 Å². The lowest BCUT2D eigenvalue weighted by Crippen LogP contribution is -1.83. The highest BCUT2D eigenvalue weighted by Gasteiger charge is 1.99. The summed E-state index contributed by atoms with van der Waals surface area (Å²) >= 11 is 0. The van der Waals surface area contributed by atoms with Crippen molar-refractivity contribution in [3.8, 4) is 0 Å². The van der Waals surface area contributed by atoms with E-state index in [1.807, 2.05) is 6.92 Å². The Morgan fingerprint density at radius 1 is 1.80 bits per heavy atom. The first-order valence-electron chi connectivity index (χ1n) is 3.26. The number of rotatable bonds is 3. The number of oxazole rings is 1. The van der Waals surface area contributed by atoms with Crippen LogP contribution in [0.25, 0.3) is 0 Å². The van der Waals surface area contributed by atoms with Crippen LogP contribution >= 0.6 is 0 Å². The maximum Gasteiger partial charge on any atom is 0.194 e. The standard InChI is InChI=1S/C7H9NO2/c1-2-3-7-8-6(4-9)5-10-7/h4-5H,2-3H2,1H3. The maximum atomic E-state index is 10.1. The van der Waals surface area contributed by atoms with Gasteiger partial charge in [0.25, 0.3) is 0 Å². The molecular weight excluding hydrogens is 130 g/mol. The lowest BCUT2D eigenvalue weighted by molar-refractivity contribution is 0.111. The van der Waals surface area contributed by atoms with E-state index < -0.39 is 0 Å². The van der Waals surface area contributed by atoms with Crippen LogP contribution in [0.15, 0.2) is 10.7 Å². The van der Waals surface area contributed by atoms with Gasteiger partial charge in [0.15, 0.2) is 12.2 Å². The summed E-state index contributed by atoms with van der Waals surface area (Å²) in [7, 11) is 0. The van der Waals surface area contributed by atoms with Gasteiger partial charge in [0, 0.05) is 6.42 Å². The predicted octanol–water partition coefficient (Wildman–Crippen LogP) is 1.44. The Morgan fingerprint density at radius 3 is 3.10 bits per heavy atom. The van der Waals surface area contributed by atoms with Gasteiger partial charge < -0.3 is 4.42 Å². The second-order valence-electron chi connectivity index (χ2n) is 2.03. The third kappa shape index (κ3) is 1.43. The minimum absolute atomic E-state index is 0.378. The molecule has 0 bridgehead atoms. The topological polar surface area (TPSA) is 43.1 Å². The number of aromatic nitrogens is 1. The number of aldehydes is 1. The summed E-state index contributed by atoms with van der Waals surface area (Å²) in [5.74, 6) is 0.643. The number of nitrogens with zero attached hydrogens (tertiary/aromatic N) is 1. The number of carbonyl (C=O) groups excluding carboxylic acids is 1. The average molecular weight is 139 g/mol. The molecule has 0 saturated carbocycles. The number of carbonyl (C=O) groups is 1. The highest BCUT2D eigenvalue weighted by atomic mass is 16.3. The van der Waals surface area contributed by atoms with E-state index in [1.54, 1.807) is 0 Å². The molecule has 0 aromatic carbocycles. The molecule has 54 valence electrons. The van der Waals surface area contributed by atoms with Crippen LogP contribution in [0, 0.1) is 0 Å². The van der Waals surface area contributed by atoms with Crippen molar-refractivity contribution in [2.45, 2.75) is 19.8 Å². The molecule has 0 fully saturated rings. The van der Waals surface area contributed by atoms with Crippen LogP contribution in [0.1, 0.15) is 29.7 Å². The molecule has 0 spiro atoms. The molecule has 0 unspecified atom stereocenters. The highest BCUT2D eigenvalue weighted by molar-refractivity contribution is 5.70. The summed E-state index contributed by atoms with van der Waals surface area (Å²) in [6.45, 7) is 2.03. The van der Waals surface area contributed by atoms with E-state index in [0.29, 0.717) is 17.9 Å². The molecule has 0 saturated heterocycles. The van der Waals surface area contributed by atoms with Gasteiger partial charge >= 0.3 is 0 Å². The SMILES string of the molecule is CCCc1nc(C=O)co1. The third-order valence-electron chi connectivity index (χ3n) is 1.15. The van der Waals surface area contributed by atoms with Gasteiger partial charge in [-0.3, -0.25) is 4.79 Å². The molecule has 0 N–H and O–H groups in total. The van der Waals surface area contributed by atoms with Crippen LogP contribution < -0.4 is 0 Å². The predicted molar refractivity (Wildman–Crippen MR) is 35.9 cm³/mol. The van der Waals surface area contributed by atoms with E-state index in [0.717, 1.165) is 12.8 Å². The van der Waals surface area contributed by atoms with E-state index in [2.05, 4.69) is 4.98 Å². The zero-order chi connectivity index (χ0) is 7.40. The van der Waals surface area contributed by atoms with E-state index in [-0.39, 0.29) is 0 Å². The monoisotopic (exact) mass is 139 g/mol. The summed E-state index contributed by atoms with van der Waals surface area (Å²) in [4.78, 5) is 14.0. The van der Waals surface area contributed by atoms with Gasteiger partial charge in [-0.05, 0) is 6.42 Å². The van der Waals surface area contributed by atoms with Gasteiger partial charge in [0.2, 0.25) is 0 Å². The van der Waals surface area contributed by atoms with Crippen LogP contribution in [0.3, 0.4) is 0 Å². The smallest absolute Gasteiger partial charge is 0.194 e. The van der Waals surface area contributed by atoms with Crippen LogP contribution in [-0.4, -0.2) is 11.3 Å². The second-order valence-corrected chi connectivity index (χ2v) is 2.03. The van der Waals surface area contributed by atoms with Crippen molar-refractivity contribution < 1.29 is 9.21 Å².